The minimum atomic E-state index is -1.32. The smallest absolute Gasteiger partial charge is 0.227 e. The topological polar surface area (TPSA) is 197 Å². The molecule has 0 fully saturated rings. The molecule has 17 nitrogen and oxygen atoms in total. The maximum absolute atomic E-state index is 14.7. The first-order valence-electron chi connectivity index (χ1n) is 26.6. The van der Waals surface area contributed by atoms with Crippen molar-refractivity contribution in [2.24, 2.45) is 4.99 Å². The fraction of sp³-hybridized carbons (Fsp3) is 0.458. The summed E-state index contributed by atoms with van der Waals surface area (Å²) in [5.41, 5.74) is 9.05. The molecule has 0 bridgehead atoms. The summed E-state index contributed by atoms with van der Waals surface area (Å²) < 4.78 is 41.7. The number of carbonyl (C=O) groups excluding carboxylic acids is 1. The zero-order valence-electron chi connectivity index (χ0n) is 45.1. The van der Waals surface area contributed by atoms with Crippen molar-refractivity contribution >= 4 is 62.1 Å². The molecule has 5 aromatic rings. The second-order valence-electron chi connectivity index (χ2n) is 20.4. The number of aliphatic hydroxyl groups excluding tert-OH is 3. The van der Waals surface area contributed by atoms with Crippen molar-refractivity contribution in [3.8, 4) is 23.0 Å². The molecule has 5 aromatic carbocycles. The van der Waals surface area contributed by atoms with Gasteiger partial charge in [-0.3, -0.25) is 9.79 Å². The molecule has 4 heterocycles. The summed E-state index contributed by atoms with van der Waals surface area (Å²) in [6, 6.07) is 29.4. The van der Waals surface area contributed by atoms with Gasteiger partial charge in [0.25, 0.3) is 0 Å². The van der Waals surface area contributed by atoms with E-state index in [4.69, 9.17) is 38.2 Å². The second kappa shape index (κ2) is 26.5. The van der Waals surface area contributed by atoms with Crippen molar-refractivity contribution in [1.29, 1.82) is 0 Å². The van der Waals surface area contributed by atoms with Crippen LogP contribution in [0.2, 0.25) is 0 Å². The van der Waals surface area contributed by atoms with Gasteiger partial charge in [0.15, 0.2) is 41.7 Å². The standard InChI is InChI=1S/C59H73N5O12S2/c1-59(2,78-77-24-10-15-56(66)67)17-16-55(65)62(18-19-73-22-23-74-21-20-70-3)42-26-38(36-75-53-32-47-45(30-51(53)71-4)57(68)63-43(34-60-47)28-40-11-6-8-13-49(40)63)25-39(27-42)37-76-54-33-48-46(31-52(54)72-5)58(69)64-44(35-61-48)29-41-12-7-9-14-50(41)64/h6-9,11-14,25-27,30-34,43-44,56-58,61,66-69H,10,15-24,28-29,35-37H2,1-5H3. The number of nitrogens with one attached hydrogen (secondary N) is 1. The lowest BCUT2D eigenvalue weighted by atomic mass is 10.1. The second-order valence-corrected chi connectivity index (χ2v) is 23.5. The van der Waals surface area contributed by atoms with Gasteiger partial charge in [0, 0.05) is 95.8 Å². The Morgan fingerprint density at radius 2 is 1.40 bits per heavy atom. The Kier molecular flexibility index (Phi) is 19.3. The van der Waals surface area contributed by atoms with Gasteiger partial charge in [0.2, 0.25) is 5.91 Å². The van der Waals surface area contributed by atoms with Crippen LogP contribution in [-0.4, -0.2) is 129 Å². The first-order valence-corrected chi connectivity index (χ1v) is 29.0. The van der Waals surface area contributed by atoms with Gasteiger partial charge in [0.05, 0.1) is 65.0 Å². The maximum atomic E-state index is 14.7. The Balaban J connectivity index is 0.997. The number of amides is 1. The number of aliphatic hydroxyl groups is 4. The van der Waals surface area contributed by atoms with E-state index in [2.05, 4.69) is 42.3 Å². The average Bonchev–Trinajstić information content (AvgIpc) is 4.16. The molecule has 418 valence electrons. The van der Waals surface area contributed by atoms with Crippen molar-refractivity contribution in [1.82, 2.24) is 0 Å². The van der Waals surface area contributed by atoms with E-state index < -0.39 is 18.7 Å². The summed E-state index contributed by atoms with van der Waals surface area (Å²) in [5, 5.41) is 46.0. The van der Waals surface area contributed by atoms with Crippen molar-refractivity contribution < 1.29 is 58.4 Å². The summed E-state index contributed by atoms with van der Waals surface area (Å²) >= 11 is 0. The number of hydrogen-bond donors (Lipinski definition) is 5. The Labute approximate surface area is 465 Å². The third kappa shape index (κ3) is 13.6. The summed E-state index contributed by atoms with van der Waals surface area (Å²) in [4.78, 5) is 25.4. The van der Waals surface area contributed by atoms with Crippen LogP contribution in [0.15, 0.2) is 96.0 Å². The highest BCUT2D eigenvalue weighted by Gasteiger charge is 2.39. The van der Waals surface area contributed by atoms with Gasteiger partial charge in [-0.25, -0.2) is 0 Å². The van der Waals surface area contributed by atoms with Crippen LogP contribution in [-0.2, 0) is 45.1 Å². The highest BCUT2D eigenvalue weighted by molar-refractivity contribution is 8.77. The van der Waals surface area contributed by atoms with Gasteiger partial charge in [-0.1, -0.05) is 58.0 Å². The van der Waals surface area contributed by atoms with Gasteiger partial charge in [-0.05, 0) is 104 Å². The maximum Gasteiger partial charge on any atom is 0.227 e. The molecule has 0 saturated carbocycles. The van der Waals surface area contributed by atoms with Crippen LogP contribution >= 0.6 is 21.6 Å². The number of benzene rings is 5. The fourth-order valence-electron chi connectivity index (χ4n) is 10.4. The van der Waals surface area contributed by atoms with E-state index in [0.717, 1.165) is 52.3 Å². The van der Waals surface area contributed by atoms with E-state index in [9.17, 15) is 25.2 Å². The van der Waals surface area contributed by atoms with Crippen LogP contribution in [0, 0.1) is 0 Å². The monoisotopic (exact) mass is 1110 g/mol. The molecule has 4 unspecified atom stereocenters. The summed E-state index contributed by atoms with van der Waals surface area (Å²) in [6.07, 6.45) is 2.02. The van der Waals surface area contributed by atoms with Gasteiger partial charge in [-0.15, -0.1) is 0 Å². The lowest BCUT2D eigenvalue weighted by Crippen LogP contribution is -2.37. The lowest BCUT2D eigenvalue weighted by Gasteiger charge is -2.30. The molecule has 4 atom stereocenters. The number of methoxy groups -OCH3 is 3. The molecule has 0 aromatic heterocycles. The summed E-state index contributed by atoms with van der Waals surface area (Å²) in [5.74, 6) is 2.45. The van der Waals surface area contributed by atoms with Gasteiger partial charge >= 0.3 is 0 Å². The van der Waals surface area contributed by atoms with Crippen molar-refractivity contribution in [2.45, 2.75) is 101 Å². The minimum Gasteiger partial charge on any atom is -0.493 e. The van der Waals surface area contributed by atoms with Crippen molar-refractivity contribution in [3.05, 3.63) is 124 Å². The lowest BCUT2D eigenvalue weighted by molar-refractivity contribution is -0.119. The normalized spacial score (nSPS) is 18.0. The number of fused-ring (bicyclic) bond motifs is 8. The molecule has 19 heteroatoms. The van der Waals surface area contributed by atoms with E-state index in [-0.39, 0.29) is 55.5 Å². The van der Waals surface area contributed by atoms with Crippen LogP contribution in [0.3, 0.4) is 0 Å². The van der Waals surface area contributed by atoms with E-state index in [1.54, 1.807) is 59.9 Å². The summed E-state index contributed by atoms with van der Waals surface area (Å²) in [7, 11) is 8.13. The Hall–Kier alpha value is -5.74. The molecule has 1 amide bonds. The predicted octanol–water partition coefficient (Wildman–Crippen LogP) is 8.89. The van der Waals surface area contributed by atoms with Crippen molar-refractivity contribution in [2.75, 3.05) is 93.2 Å². The third-order valence-electron chi connectivity index (χ3n) is 14.4. The van der Waals surface area contributed by atoms with Gasteiger partial charge in [0.1, 0.15) is 13.2 Å². The Bertz CT molecular complexity index is 2870. The zero-order chi connectivity index (χ0) is 54.8. The number of rotatable bonds is 27. The number of carbonyl (C=O) groups is 1. The van der Waals surface area contributed by atoms with Gasteiger partial charge < -0.3 is 73.6 Å². The quantitative estimate of drug-likeness (QED) is 0.0190. The molecular weight excluding hydrogens is 1030 g/mol. The van der Waals surface area contributed by atoms with E-state index >= 15 is 0 Å². The summed E-state index contributed by atoms with van der Waals surface area (Å²) in [6.45, 7) is 7.14. The molecule has 4 aliphatic rings. The largest absolute Gasteiger partial charge is 0.493 e. The first-order chi connectivity index (χ1) is 37.8. The molecule has 0 saturated heterocycles. The Morgan fingerprint density at radius 3 is 2.09 bits per heavy atom. The Morgan fingerprint density at radius 1 is 0.769 bits per heavy atom. The van der Waals surface area contributed by atoms with Crippen LogP contribution in [0.1, 0.15) is 85.4 Å². The molecule has 0 radical (unpaired) electrons. The SMILES string of the molecule is COCCOCCOCCN(C(=O)CCC(C)(C)SSCCCC(O)O)c1cc(COc2cc3c(cc2OC)C(O)N2c4ccccc4CC2C=N3)cc(COc2cc3c(cc2OC)C(O)N2c4ccccc4CC2CN3)c1. The molecule has 0 spiro atoms. The number of nitrogens with zero attached hydrogens (tertiary/aromatic N) is 4. The van der Waals surface area contributed by atoms with Crippen LogP contribution in [0.5, 0.6) is 23.0 Å². The fourth-order valence-corrected chi connectivity index (χ4v) is 13.1. The average molecular weight is 1110 g/mol. The third-order valence-corrected chi connectivity index (χ3v) is 17.9. The molecular formula is C59H73N5O12S2. The van der Waals surface area contributed by atoms with Crippen LogP contribution in [0.25, 0.3) is 0 Å². The van der Waals surface area contributed by atoms with Crippen LogP contribution < -0.4 is 39.0 Å². The first kappa shape index (κ1) is 57.0. The minimum absolute atomic E-state index is 0.0525. The number of para-hydroxylation sites is 2. The highest BCUT2D eigenvalue weighted by atomic mass is 33.1. The number of hydrogen-bond acceptors (Lipinski definition) is 18. The van der Waals surface area contributed by atoms with Crippen LogP contribution in [0.4, 0.5) is 28.4 Å². The molecule has 0 aliphatic carbocycles. The van der Waals surface area contributed by atoms with Gasteiger partial charge in [-0.2, -0.15) is 0 Å². The highest BCUT2D eigenvalue weighted by Crippen LogP contribution is 2.47. The van der Waals surface area contributed by atoms with E-state index in [1.165, 1.54) is 5.56 Å². The van der Waals surface area contributed by atoms with Crippen molar-refractivity contribution in [3.63, 3.8) is 0 Å². The number of anilines is 4. The number of aliphatic imine (C=N–C) groups is 1. The molecule has 78 heavy (non-hydrogen) atoms. The molecule has 5 N–H and O–H groups in total. The molecule has 4 aliphatic heterocycles. The van der Waals surface area contributed by atoms with E-state index in [0.29, 0.717) is 97.7 Å². The zero-order valence-corrected chi connectivity index (χ0v) is 46.7. The predicted molar refractivity (Wildman–Crippen MR) is 307 cm³/mol. The number of ether oxygens (including phenoxy) is 7. The molecule has 9 rings (SSSR count). The van der Waals surface area contributed by atoms with E-state index in [1.807, 2.05) is 71.8 Å².